The molecule has 2 amide bonds. The minimum Gasteiger partial charge on any atom is -0.492 e. The van der Waals surface area contributed by atoms with Gasteiger partial charge in [-0.3, -0.25) is 9.59 Å². The van der Waals surface area contributed by atoms with Gasteiger partial charge in [-0.05, 0) is 82.9 Å². The smallest absolute Gasteiger partial charge is 0.252 e. The molecule has 3 aromatic carbocycles. The topological polar surface area (TPSA) is 61.9 Å². The first-order valence-electron chi connectivity index (χ1n) is 15.2. The van der Waals surface area contributed by atoms with Crippen molar-refractivity contribution in [1.82, 2.24) is 15.1 Å². The maximum absolute atomic E-state index is 14.7. The lowest BCUT2D eigenvalue weighted by atomic mass is 9.82. The van der Waals surface area contributed by atoms with Crippen LogP contribution in [0.5, 0.6) is 5.75 Å². The number of amides is 2. The largest absolute Gasteiger partial charge is 0.492 e. The molecule has 1 saturated heterocycles. The summed E-state index contributed by atoms with van der Waals surface area (Å²) in [7, 11) is 0. The van der Waals surface area contributed by atoms with Crippen LogP contribution in [0.4, 0.5) is 8.78 Å². The monoisotopic (exact) mass is 663 g/mol. The van der Waals surface area contributed by atoms with Gasteiger partial charge in [0.05, 0.1) is 17.1 Å². The highest BCUT2D eigenvalue weighted by molar-refractivity contribution is 9.10. The average molecular weight is 665 g/mol. The van der Waals surface area contributed by atoms with Crippen LogP contribution in [0, 0.1) is 11.6 Å². The summed E-state index contributed by atoms with van der Waals surface area (Å²) in [5, 5.41) is 3.61. The molecule has 230 valence electrons. The number of rotatable bonds is 10. The van der Waals surface area contributed by atoms with Gasteiger partial charge in [-0.1, -0.05) is 42.5 Å². The molecule has 2 bridgehead atoms. The number of piperazine rings is 1. The minimum atomic E-state index is -0.338. The second-order valence-corrected chi connectivity index (χ2v) is 12.8. The zero-order chi connectivity index (χ0) is 30.8. The van der Waals surface area contributed by atoms with Crippen molar-refractivity contribution in [3.63, 3.8) is 0 Å². The zero-order valence-corrected chi connectivity index (χ0v) is 26.3. The van der Waals surface area contributed by atoms with Crippen molar-refractivity contribution in [2.75, 3.05) is 19.7 Å². The summed E-state index contributed by atoms with van der Waals surface area (Å²) >= 11 is 3.39. The highest BCUT2D eigenvalue weighted by atomic mass is 79.9. The van der Waals surface area contributed by atoms with Crippen molar-refractivity contribution in [2.24, 2.45) is 0 Å². The number of aryl methyl sites for hydroxylation is 1. The lowest BCUT2D eigenvalue weighted by molar-refractivity contribution is -0.132. The predicted octanol–water partition coefficient (Wildman–Crippen LogP) is 6.28. The normalized spacial score (nSPS) is 19.6. The Morgan fingerprint density at radius 1 is 1.05 bits per heavy atom. The second kappa shape index (κ2) is 13.2. The fourth-order valence-electron chi connectivity index (χ4n) is 6.26. The van der Waals surface area contributed by atoms with E-state index in [2.05, 4.69) is 45.5 Å². The molecule has 2 unspecified atom stereocenters. The van der Waals surface area contributed by atoms with Gasteiger partial charge in [0.25, 0.3) is 5.91 Å². The summed E-state index contributed by atoms with van der Waals surface area (Å²) in [6, 6.07) is 19.2. The van der Waals surface area contributed by atoms with E-state index in [4.69, 9.17) is 4.74 Å². The van der Waals surface area contributed by atoms with E-state index in [1.807, 2.05) is 9.80 Å². The van der Waals surface area contributed by atoms with E-state index in [0.717, 1.165) is 42.4 Å². The number of hydrogen-bond acceptors (Lipinski definition) is 4. The van der Waals surface area contributed by atoms with Gasteiger partial charge in [0, 0.05) is 55.8 Å². The highest BCUT2D eigenvalue weighted by Crippen LogP contribution is 2.37. The summed E-state index contributed by atoms with van der Waals surface area (Å²) in [5.41, 5.74) is 4.31. The Kier molecular flexibility index (Phi) is 9.14. The van der Waals surface area contributed by atoms with E-state index in [0.29, 0.717) is 47.5 Å². The molecular formula is C35H36BrF2N3O3. The Morgan fingerprint density at radius 2 is 1.82 bits per heavy atom. The molecule has 0 radical (unpaired) electrons. The van der Waals surface area contributed by atoms with Crippen molar-refractivity contribution in [3.05, 3.63) is 105 Å². The van der Waals surface area contributed by atoms with Crippen molar-refractivity contribution in [3.8, 4) is 5.75 Å². The third-order valence-electron chi connectivity index (χ3n) is 8.69. The van der Waals surface area contributed by atoms with E-state index in [1.54, 1.807) is 31.2 Å². The number of nitrogens with zero attached hydrogens (tertiary/aromatic N) is 2. The Bertz CT molecular complexity index is 1570. The van der Waals surface area contributed by atoms with Crippen molar-refractivity contribution < 1.29 is 23.1 Å². The van der Waals surface area contributed by atoms with Crippen LogP contribution >= 0.6 is 15.9 Å². The van der Waals surface area contributed by atoms with Gasteiger partial charge >= 0.3 is 0 Å². The SMILES string of the molecule is CC(=O)N1CC2CC(c3ccc(CCCOc4cc(F)ccc4Br)cc3)=C(C(=O)N(Cc3ccccc3F)C3CC3)C(C1)N2. The molecule has 2 atom stereocenters. The summed E-state index contributed by atoms with van der Waals surface area (Å²) in [6.07, 6.45) is 3.97. The molecule has 2 fully saturated rings. The van der Waals surface area contributed by atoms with Crippen LogP contribution in [0.2, 0.25) is 0 Å². The molecule has 0 aromatic heterocycles. The van der Waals surface area contributed by atoms with Crippen LogP contribution < -0.4 is 10.1 Å². The number of ether oxygens (including phenoxy) is 1. The first-order chi connectivity index (χ1) is 21.3. The van der Waals surface area contributed by atoms with Gasteiger partial charge in [0.1, 0.15) is 17.4 Å². The Labute approximate surface area is 265 Å². The Morgan fingerprint density at radius 3 is 2.55 bits per heavy atom. The van der Waals surface area contributed by atoms with Gasteiger partial charge in [-0.2, -0.15) is 0 Å². The van der Waals surface area contributed by atoms with Crippen LogP contribution in [0.3, 0.4) is 0 Å². The first kappa shape index (κ1) is 30.5. The molecule has 0 spiro atoms. The number of hydrogen-bond donors (Lipinski definition) is 1. The average Bonchev–Trinajstić information content (AvgIpc) is 3.85. The molecule has 2 heterocycles. The summed E-state index contributed by atoms with van der Waals surface area (Å²) in [4.78, 5) is 30.4. The molecule has 3 aliphatic rings. The molecule has 9 heteroatoms. The number of nitrogens with one attached hydrogen (secondary N) is 1. The van der Waals surface area contributed by atoms with E-state index in [1.165, 1.54) is 18.2 Å². The number of carbonyl (C=O) groups excluding carboxylic acids is 2. The lowest BCUT2D eigenvalue weighted by Gasteiger charge is -2.44. The van der Waals surface area contributed by atoms with Crippen LogP contribution in [0.1, 0.15) is 49.3 Å². The Balaban J connectivity index is 1.23. The maximum atomic E-state index is 14.7. The summed E-state index contributed by atoms with van der Waals surface area (Å²) in [6.45, 7) is 3.26. The third kappa shape index (κ3) is 6.89. The third-order valence-corrected chi connectivity index (χ3v) is 9.35. The van der Waals surface area contributed by atoms with Crippen molar-refractivity contribution in [2.45, 2.75) is 63.7 Å². The first-order valence-corrected chi connectivity index (χ1v) is 16.0. The molecule has 1 saturated carbocycles. The highest BCUT2D eigenvalue weighted by Gasteiger charge is 2.43. The zero-order valence-electron chi connectivity index (χ0n) is 24.7. The fraction of sp³-hybridized carbons (Fsp3) is 0.371. The molecule has 6 rings (SSSR count). The second-order valence-electron chi connectivity index (χ2n) is 11.9. The number of carbonyl (C=O) groups is 2. The van der Waals surface area contributed by atoms with Crippen LogP contribution in [-0.2, 0) is 22.6 Å². The number of halogens is 3. The van der Waals surface area contributed by atoms with E-state index in [-0.39, 0.29) is 48.1 Å². The van der Waals surface area contributed by atoms with E-state index < -0.39 is 0 Å². The molecule has 2 aliphatic heterocycles. The molecule has 1 N–H and O–H groups in total. The molecule has 44 heavy (non-hydrogen) atoms. The van der Waals surface area contributed by atoms with Gasteiger partial charge in [-0.25, -0.2) is 8.78 Å². The number of benzene rings is 3. The van der Waals surface area contributed by atoms with Gasteiger partial charge < -0.3 is 19.9 Å². The molecule has 6 nitrogen and oxygen atoms in total. The van der Waals surface area contributed by atoms with Crippen molar-refractivity contribution >= 4 is 33.3 Å². The molecular weight excluding hydrogens is 628 g/mol. The van der Waals surface area contributed by atoms with Gasteiger partial charge in [0.2, 0.25) is 5.91 Å². The van der Waals surface area contributed by atoms with Gasteiger partial charge in [-0.15, -0.1) is 0 Å². The Hall–Kier alpha value is -3.56. The van der Waals surface area contributed by atoms with Crippen LogP contribution in [0.15, 0.2) is 76.8 Å². The van der Waals surface area contributed by atoms with Crippen LogP contribution in [-0.4, -0.2) is 59.4 Å². The minimum absolute atomic E-state index is 0.000226. The standard InChI is InChI=1S/C35H36BrF2N3O3/c1-22(42)40-20-27-18-29(24-10-8-23(9-11-24)5-4-16-44-33-17-26(37)12-15-30(33)36)34(32(21-40)39-27)35(43)41(28-13-14-28)19-25-6-2-3-7-31(25)38/h2-3,6-12,15,17,27-28,32,39H,4-5,13-14,16,18-21H2,1H3. The summed E-state index contributed by atoms with van der Waals surface area (Å²) in [5.74, 6) is -0.252. The van der Waals surface area contributed by atoms with E-state index in [9.17, 15) is 18.4 Å². The van der Waals surface area contributed by atoms with Gasteiger partial charge in [0.15, 0.2) is 0 Å². The maximum Gasteiger partial charge on any atom is 0.252 e. The summed E-state index contributed by atoms with van der Waals surface area (Å²) < 4.78 is 34.7. The lowest BCUT2D eigenvalue weighted by Crippen LogP contribution is -2.61. The molecule has 3 aromatic rings. The van der Waals surface area contributed by atoms with Crippen molar-refractivity contribution in [1.29, 1.82) is 0 Å². The predicted molar refractivity (Wildman–Crippen MR) is 169 cm³/mol. The van der Waals surface area contributed by atoms with Crippen LogP contribution in [0.25, 0.3) is 5.57 Å². The van der Waals surface area contributed by atoms with E-state index >= 15 is 0 Å². The number of fused-ring (bicyclic) bond motifs is 2. The quantitative estimate of drug-likeness (QED) is 0.260. The fourth-order valence-corrected chi connectivity index (χ4v) is 6.62. The molecule has 1 aliphatic carbocycles.